The van der Waals surface area contributed by atoms with Crippen LogP contribution in [0.25, 0.3) is 0 Å². The van der Waals surface area contributed by atoms with Gasteiger partial charge in [-0.15, -0.1) is 0 Å². The molecule has 16 heavy (non-hydrogen) atoms. The summed E-state index contributed by atoms with van der Waals surface area (Å²) in [6.07, 6.45) is 0. The molecule has 5 nitrogen and oxygen atoms in total. The second kappa shape index (κ2) is 7.22. The zero-order valence-electron chi connectivity index (χ0n) is 10.6. The summed E-state index contributed by atoms with van der Waals surface area (Å²) in [4.78, 5) is 24.4. The average Bonchev–Trinajstić information content (AvgIpc) is 2.32. The van der Waals surface area contributed by atoms with Crippen LogP contribution in [0.2, 0.25) is 0 Å². The van der Waals surface area contributed by atoms with Crippen molar-refractivity contribution in [3.63, 3.8) is 0 Å². The molecule has 0 aromatic heterocycles. The van der Waals surface area contributed by atoms with Crippen molar-refractivity contribution in [3.05, 3.63) is 0 Å². The van der Waals surface area contributed by atoms with Crippen molar-refractivity contribution in [2.45, 2.75) is 26.8 Å². The molecule has 0 aliphatic rings. The Hall–Kier alpha value is -1.10. The van der Waals surface area contributed by atoms with Gasteiger partial charge in [0, 0.05) is 6.04 Å². The molecule has 0 bridgehead atoms. The molecule has 0 aliphatic carbocycles. The van der Waals surface area contributed by atoms with Crippen molar-refractivity contribution in [1.29, 1.82) is 0 Å². The average molecular weight is 231 g/mol. The van der Waals surface area contributed by atoms with E-state index >= 15 is 0 Å². The van der Waals surface area contributed by atoms with Crippen LogP contribution in [0.5, 0.6) is 0 Å². The SMILES string of the molecule is CCN(CC(=O)OC)C(C)C(C)C(=O)OC. The Bertz CT molecular complexity index is 242. The monoisotopic (exact) mass is 231 g/mol. The molecule has 0 aromatic rings. The van der Waals surface area contributed by atoms with Crippen LogP contribution in [-0.2, 0) is 19.1 Å². The van der Waals surface area contributed by atoms with E-state index < -0.39 is 0 Å². The van der Waals surface area contributed by atoms with Gasteiger partial charge >= 0.3 is 11.9 Å². The first-order valence-electron chi connectivity index (χ1n) is 5.36. The predicted molar refractivity (Wildman–Crippen MR) is 59.9 cm³/mol. The first kappa shape index (κ1) is 14.9. The number of carbonyl (C=O) groups excluding carboxylic acids is 2. The molecule has 0 spiro atoms. The third-order valence-electron chi connectivity index (χ3n) is 2.84. The molecule has 0 fully saturated rings. The van der Waals surface area contributed by atoms with Gasteiger partial charge in [0.15, 0.2) is 0 Å². The first-order chi connectivity index (χ1) is 7.47. The molecule has 0 N–H and O–H groups in total. The molecular weight excluding hydrogens is 210 g/mol. The maximum Gasteiger partial charge on any atom is 0.319 e. The second-order valence-corrected chi connectivity index (χ2v) is 3.69. The molecule has 0 saturated heterocycles. The van der Waals surface area contributed by atoms with E-state index in [1.165, 1.54) is 14.2 Å². The third kappa shape index (κ3) is 4.18. The smallest absolute Gasteiger partial charge is 0.319 e. The number of methoxy groups -OCH3 is 2. The fraction of sp³-hybridized carbons (Fsp3) is 0.818. The summed E-state index contributed by atoms with van der Waals surface area (Å²) >= 11 is 0. The van der Waals surface area contributed by atoms with Crippen LogP contribution in [0.15, 0.2) is 0 Å². The molecule has 2 atom stereocenters. The van der Waals surface area contributed by atoms with E-state index in [1.54, 1.807) is 6.92 Å². The fourth-order valence-corrected chi connectivity index (χ4v) is 1.47. The van der Waals surface area contributed by atoms with Crippen molar-refractivity contribution in [2.75, 3.05) is 27.3 Å². The second-order valence-electron chi connectivity index (χ2n) is 3.69. The Morgan fingerprint density at radius 3 is 2.12 bits per heavy atom. The molecular formula is C11H21NO4. The van der Waals surface area contributed by atoms with Crippen molar-refractivity contribution in [1.82, 2.24) is 4.90 Å². The maximum atomic E-state index is 11.4. The fourth-order valence-electron chi connectivity index (χ4n) is 1.47. The van der Waals surface area contributed by atoms with E-state index in [-0.39, 0.29) is 30.4 Å². The van der Waals surface area contributed by atoms with Crippen LogP contribution in [0.4, 0.5) is 0 Å². The minimum Gasteiger partial charge on any atom is -0.469 e. The van der Waals surface area contributed by atoms with Gasteiger partial charge in [0.05, 0.1) is 26.7 Å². The molecule has 0 radical (unpaired) electrons. The molecule has 0 aromatic carbocycles. The van der Waals surface area contributed by atoms with E-state index in [2.05, 4.69) is 9.47 Å². The lowest BCUT2D eigenvalue weighted by Gasteiger charge is -2.29. The lowest BCUT2D eigenvalue weighted by molar-refractivity contribution is -0.149. The molecule has 0 rings (SSSR count). The Labute approximate surface area is 96.7 Å². The number of rotatable bonds is 6. The van der Waals surface area contributed by atoms with Gasteiger partial charge in [0.1, 0.15) is 0 Å². The van der Waals surface area contributed by atoms with Gasteiger partial charge in [-0.1, -0.05) is 13.8 Å². The summed E-state index contributed by atoms with van der Waals surface area (Å²) in [6, 6.07) is -0.0588. The lowest BCUT2D eigenvalue weighted by Crippen LogP contribution is -2.43. The highest BCUT2D eigenvalue weighted by molar-refractivity contribution is 5.73. The van der Waals surface area contributed by atoms with Gasteiger partial charge in [-0.25, -0.2) is 0 Å². The minimum absolute atomic E-state index is 0.0588. The molecule has 5 heteroatoms. The van der Waals surface area contributed by atoms with Crippen LogP contribution in [0.1, 0.15) is 20.8 Å². The van der Waals surface area contributed by atoms with Gasteiger partial charge < -0.3 is 9.47 Å². The topological polar surface area (TPSA) is 55.8 Å². The van der Waals surface area contributed by atoms with Crippen LogP contribution >= 0.6 is 0 Å². The molecule has 0 heterocycles. The zero-order chi connectivity index (χ0) is 12.7. The lowest BCUT2D eigenvalue weighted by atomic mass is 10.0. The summed E-state index contributed by atoms with van der Waals surface area (Å²) in [7, 11) is 2.72. The molecule has 0 amide bonds. The number of nitrogens with zero attached hydrogens (tertiary/aromatic N) is 1. The van der Waals surface area contributed by atoms with Crippen LogP contribution in [0, 0.1) is 5.92 Å². The van der Waals surface area contributed by atoms with Gasteiger partial charge in [-0.3, -0.25) is 14.5 Å². The van der Waals surface area contributed by atoms with Crippen molar-refractivity contribution in [2.24, 2.45) is 5.92 Å². The Morgan fingerprint density at radius 2 is 1.75 bits per heavy atom. The van der Waals surface area contributed by atoms with E-state index in [1.807, 2.05) is 18.7 Å². The number of esters is 2. The molecule has 0 aliphatic heterocycles. The Morgan fingerprint density at radius 1 is 1.19 bits per heavy atom. The Kier molecular flexibility index (Phi) is 6.72. The predicted octanol–water partition coefficient (Wildman–Crippen LogP) is 0.679. The van der Waals surface area contributed by atoms with E-state index in [0.29, 0.717) is 6.54 Å². The number of likely N-dealkylation sites (N-methyl/N-ethyl adjacent to an activating group) is 1. The molecule has 0 saturated carbocycles. The Balaban J connectivity index is 4.45. The largest absolute Gasteiger partial charge is 0.469 e. The minimum atomic E-state index is -0.300. The normalized spacial score (nSPS) is 14.4. The standard InChI is InChI=1S/C11H21NO4/c1-6-12(7-10(13)15-4)9(3)8(2)11(14)16-5/h8-9H,6-7H2,1-5H3. The van der Waals surface area contributed by atoms with Gasteiger partial charge in [0.2, 0.25) is 0 Å². The van der Waals surface area contributed by atoms with Crippen molar-refractivity contribution >= 4 is 11.9 Å². The van der Waals surface area contributed by atoms with Crippen molar-refractivity contribution < 1.29 is 19.1 Å². The number of carbonyl (C=O) groups is 2. The van der Waals surface area contributed by atoms with Crippen LogP contribution in [-0.4, -0.2) is 50.2 Å². The summed E-state index contributed by atoms with van der Waals surface area (Å²) in [5.74, 6) is -0.837. The van der Waals surface area contributed by atoms with Crippen LogP contribution in [0.3, 0.4) is 0 Å². The number of ether oxygens (including phenoxy) is 2. The van der Waals surface area contributed by atoms with Crippen molar-refractivity contribution in [3.8, 4) is 0 Å². The molecule has 2 unspecified atom stereocenters. The quantitative estimate of drug-likeness (QED) is 0.629. The van der Waals surface area contributed by atoms with E-state index in [4.69, 9.17) is 0 Å². The third-order valence-corrected chi connectivity index (χ3v) is 2.84. The summed E-state index contributed by atoms with van der Waals surface area (Å²) in [5.41, 5.74) is 0. The number of hydrogen-bond acceptors (Lipinski definition) is 5. The van der Waals surface area contributed by atoms with Gasteiger partial charge in [-0.05, 0) is 13.5 Å². The summed E-state index contributed by atoms with van der Waals surface area (Å²) < 4.78 is 9.28. The first-order valence-corrected chi connectivity index (χ1v) is 5.36. The highest BCUT2D eigenvalue weighted by Crippen LogP contribution is 2.12. The molecule has 94 valence electrons. The van der Waals surface area contributed by atoms with E-state index in [0.717, 1.165) is 0 Å². The highest BCUT2D eigenvalue weighted by Gasteiger charge is 2.26. The summed E-state index contributed by atoms with van der Waals surface area (Å²) in [5, 5.41) is 0. The zero-order valence-corrected chi connectivity index (χ0v) is 10.6. The van der Waals surface area contributed by atoms with Gasteiger partial charge in [0.25, 0.3) is 0 Å². The highest BCUT2D eigenvalue weighted by atomic mass is 16.5. The van der Waals surface area contributed by atoms with Gasteiger partial charge in [-0.2, -0.15) is 0 Å². The summed E-state index contributed by atoms with van der Waals surface area (Å²) in [6.45, 7) is 6.49. The number of hydrogen-bond donors (Lipinski definition) is 0. The van der Waals surface area contributed by atoms with E-state index in [9.17, 15) is 9.59 Å². The maximum absolute atomic E-state index is 11.4. The van der Waals surface area contributed by atoms with Crippen LogP contribution < -0.4 is 0 Å².